The Labute approximate surface area is 139 Å². The van der Waals surface area contributed by atoms with Crippen LogP contribution in [0.1, 0.15) is 38.2 Å². The molecule has 1 heterocycles. The summed E-state index contributed by atoms with van der Waals surface area (Å²) in [7, 11) is 3.23. The van der Waals surface area contributed by atoms with Gasteiger partial charge in [0.25, 0.3) is 5.91 Å². The molecule has 0 spiro atoms. The third-order valence-corrected chi connectivity index (χ3v) is 4.67. The van der Waals surface area contributed by atoms with Crippen LogP contribution in [-0.4, -0.2) is 39.3 Å². The van der Waals surface area contributed by atoms with Crippen LogP contribution in [0.25, 0.3) is 0 Å². The number of amides is 1. The number of carbonyl (C=O) groups excluding carboxylic acids is 1. The first kappa shape index (κ1) is 17.6. The fourth-order valence-electron chi connectivity index (χ4n) is 3.13. The molecule has 23 heavy (non-hydrogen) atoms. The first-order valence-electron chi connectivity index (χ1n) is 8.49. The minimum Gasteiger partial charge on any atom is -0.493 e. The maximum absolute atomic E-state index is 12.4. The van der Waals surface area contributed by atoms with Gasteiger partial charge in [-0.2, -0.15) is 0 Å². The maximum Gasteiger partial charge on any atom is 0.278 e. The highest BCUT2D eigenvalue weighted by molar-refractivity contribution is 5.79. The van der Waals surface area contributed by atoms with Gasteiger partial charge in [0.15, 0.2) is 17.5 Å². The Kier molecular flexibility index (Phi) is 6.71. The fraction of sp³-hybridized carbons (Fsp3) is 0.611. The van der Waals surface area contributed by atoms with Crippen molar-refractivity contribution in [2.75, 3.05) is 27.3 Å². The van der Waals surface area contributed by atoms with Crippen LogP contribution in [0.3, 0.4) is 0 Å². The highest BCUT2D eigenvalue weighted by Crippen LogP contribution is 2.27. The molecule has 5 heteroatoms. The van der Waals surface area contributed by atoms with E-state index in [9.17, 15) is 4.79 Å². The van der Waals surface area contributed by atoms with Crippen molar-refractivity contribution in [3.05, 3.63) is 23.8 Å². The molecule has 5 nitrogen and oxygen atoms in total. The highest BCUT2D eigenvalue weighted by atomic mass is 16.5. The Hall–Kier alpha value is -1.75. The summed E-state index contributed by atoms with van der Waals surface area (Å²) < 4.78 is 10.5. The van der Waals surface area contributed by atoms with Gasteiger partial charge in [0, 0.05) is 6.54 Å². The Bertz CT molecular complexity index is 511. The molecule has 0 radical (unpaired) electrons. The number of likely N-dealkylation sites (tertiary alicyclic amines) is 1. The van der Waals surface area contributed by atoms with E-state index in [4.69, 9.17) is 9.47 Å². The standard InChI is InChI=1S/C18H28N2O3/c1-14(20-10-6-4-5-7-11-20)18(21)19-13-15-8-9-16(22-2)17(12-15)23-3/h8-9,12,14H,4-7,10-11,13H2,1-3H3,(H,19,21)/p+1/t14-/m0/s1. The van der Waals surface area contributed by atoms with Crippen LogP contribution in [0.15, 0.2) is 18.2 Å². The van der Waals surface area contributed by atoms with Crippen molar-refractivity contribution in [2.45, 2.75) is 45.2 Å². The second-order valence-electron chi connectivity index (χ2n) is 6.20. The SMILES string of the molecule is COc1ccc(CNC(=O)[C@H](C)[NH+]2CCCCCC2)cc1OC. The Morgan fingerprint density at radius 3 is 2.39 bits per heavy atom. The molecular weight excluding hydrogens is 292 g/mol. The summed E-state index contributed by atoms with van der Waals surface area (Å²) in [5, 5.41) is 3.05. The lowest BCUT2D eigenvalue weighted by molar-refractivity contribution is -0.913. The predicted octanol–water partition coefficient (Wildman–Crippen LogP) is 1.17. The smallest absolute Gasteiger partial charge is 0.278 e. The van der Waals surface area contributed by atoms with Gasteiger partial charge in [-0.1, -0.05) is 6.07 Å². The lowest BCUT2D eigenvalue weighted by Gasteiger charge is -2.23. The maximum atomic E-state index is 12.4. The van der Waals surface area contributed by atoms with Crippen molar-refractivity contribution < 1.29 is 19.2 Å². The van der Waals surface area contributed by atoms with Crippen LogP contribution in [0.4, 0.5) is 0 Å². The summed E-state index contributed by atoms with van der Waals surface area (Å²) in [5.41, 5.74) is 1.01. The molecule has 1 atom stereocenters. The van der Waals surface area contributed by atoms with Crippen molar-refractivity contribution in [1.29, 1.82) is 0 Å². The zero-order valence-electron chi connectivity index (χ0n) is 14.5. The molecular formula is C18H29N2O3+. The van der Waals surface area contributed by atoms with E-state index in [2.05, 4.69) is 5.32 Å². The Morgan fingerprint density at radius 2 is 1.78 bits per heavy atom. The monoisotopic (exact) mass is 321 g/mol. The first-order chi connectivity index (χ1) is 11.2. The van der Waals surface area contributed by atoms with Gasteiger partial charge in [-0.15, -0.1) is 0 Å². The molecule has 0 aliphatic carbocycles. The van der Waals surface area contributed by atoms with Crippen LogP contribution >= 0.6 is 0 Å². The van der Waals surface area contributed by atoms with E-state index in [1.165, 1.54) is 30.6 Å². The zero-order valence-corrected chi connectivity index (χ0v) is 14.5. The average Bonchev–Trinajstić information content (AvgIpc) is 2.87. The van der Waals surface area contributed by atoms with Crippen molar-refractivity contribution in [3.8, 4) is 11.5 Å². The van der Waals surface area contributed by atoms with E-state index in [-0.39, 0.29) is 11.9 Å². The molecule has 2 rings (SSSR count). The molecule has 1 aliphatic heterocycles. The van der Waals surface area contributed by atoms with Gasteiger partial charge in [-0.3, -0.25) is 4.79 Å². The largest absolute Gasteiger partial charge is 0.493 e. The average molecular weight is 321 g/mol. The van der Waals surface area contributed by atoms with Gasteiger partial charge in [0.2, 0.25) is 0 Å². The summed E-state index contributed by atoms with van der Waals surface area (Å²) in [6.07, 6.45) is 5.04. The molecule has 0 unspecified atom stereocenters. The van der Waals surface area contributed by atoms with Gasteiger partial charge in [-0.25, -0.2) is 0 Å². The lowest BCUT2D eigenvalue weighted by atomic mass is 10.2. The minimum atomic E-state index is 0.00763. The summed E-state index contributed by atoms with van der Waals surface area (Å²) in [5.74, 6) is 1.51. The second kappa shape index (κ2) is 8.77. The highest BCUT2D eigenvalue weighted by Gasteiger charge is 2.25. The van der Waals surface area contributed by atoms with Crippen LogP contribution in [0.5, 0.6) is 11.5 Å². The molecule has 0 saturated carbocycles. The quantitative estimate of drug-likeness (QED) is 0.827. The van der Waals surface area contributed by atoms with E-state index in [1.54, 1.807) is 14.2 Å². The Morgan fingerprint density at radius 1 is 1.13 bits per heavy atom. The van der Waals surface area contributed by atoms with Crippen LogP contribution in [0.2, 0.25) is 0 Å². The zero-order chi connectivity index (χ0) is 16.7. The molecule has 1 saturated heterocycles. The van der Waals surface area contributed by atoms with E-state index < -0.39 is 0 Å². The van der Waals surface area contributed by atoms with Crippen LogP contribution in [-0.2, 0) is 11.3 Å². The van der Waals surface area contributed by atoms with E-state index >= 15 is 0 Å². The number of nitrogens with one attached hydrogen (secondary N) is 2. The fourth-order valence-corrected chi connectivity index (χ4v) is 3.13. The number of ether oxygens (including phenoxy) is 2. The molecule has 0 aromatic heterocycles. The predicted molar refractivity (Wildman–Crippen MR) is 90.0 cm³/mol. The van der Waals surface area contributed by atoms with Crippen LogP contribution in [0, 0.1) is 0 Å². The molecule has 1 aliphatic rings. The van der Waals surface area contributed by atoms with Crippen molar-refractivity contribution in [1.82, 2.24) is 5.32 Å². The van der Waals surface area contributed by atoms with E-state index in [1.807, 2.05) is 25.1 Å². The number of methoxy groups -OCH3 is 2. The lowest BCUT2D eigenvalue weighted by Crippen LogP contribution is -3.16. The van der Waals surface area contributed by atoms with Gasteiger partial charge < -0.3 is 19.7 Å². The molecule has 128 valence electrons. The summed E-state index contributed by atoms with van der Waals surface area (Å²) in [6.45, 7) is 4.75. The van der Waals surface area contributed by atoms with Crippen LogP contribution < -0.4 is 19.7 Å². The third kappa shape index (κ3) is 4.86. The number of benzene rings is 1. The molecule has 1 amide bonds. The summed E-state index contributed by atoms with van der Waals surface area (Å²) in [4.78, 5) is 13.8. The second-order valence-corrected chi connectivity index (χ2v) is 6.20. The van der Waals surface area contributed by atoms with Crippen molar-refractivity contribution >= 4 is 5.91 Å². The molecule has 1 aromatic rings. The molecule has 1 fully saturated rings. The van der Waals surface area contributed by atoms with Gasteiger partial charge in [0.1, 0.15) is 0 Å². The van der Waals surface area contributed by atoms with Gasteiger partial charge >= 0.3 is 0 Å². The number of quaternary nitrogens is 1. The summed E-state index contributed by atoms with van der Waals surface area (Å²) in [6, 6.07) is 5.73. The minimum absolute atomic E-state index is 0.00763. The molecule has 0 bridgehead atoms. The third-order valence-electron chi connectivity index (χ3n) is 4.67. The molecule has 2 N–H and O–H groups in total. The summed E-state index contributed by atoms with van der Waals surface area (Å²) >= 11 is 0. The van der Waals surface area contributed by atoms with Crippen molar-refractivity contribution in [2.24, 2.45) is 0 Å². The number of hydrogen-bond acceptors (Lipinski definition) is 3. The van der Waals surface area contributed by atoms with Crippen molar-refractivity contribution in [3.63, 3.8) is 0 Å². The normalized spacial score (nSPS) is 17.2. The first-order valence-corrected chi connectivity index (χ1v) is 8.49. The van der Waals surface area contributed by atoms with E-state index in [0.29, 0.717) is 18.0 Å². The topological polar surface area (TPSA) is 52.0 Å². The number of carbonyl (C=O) groups is 1. The van der Waals surface area contributed by atoms with Gasteiger partial charge in [0.05, 0.1) is 27.3 Å². The Balaban J connectivity index is 1.90. The number of hydrogen-bond donors (Lipinski definition) is 2. The van der Waals surface area contributed by atoms with Gasteiger partial charge in [-0.05, 0) is 50.3 Å². The number of rotatable bonds is 6. The molecule has 1 aromatic carbocycles. The van der Waals surface area contributed by atoms with E-state index in [0.717, 1.165) is 18.7 Å².